The first-order valence-corrected chi connectivity index (χ1v) is 13.8. The summed E-state index contributed by atoms with van der Waals surface area (Å²) in [6.45, 7) is 2.50. The first-order valence-electron chi connectivity index (χ1n) is 13.8. The Labute approximate surface area is 230 Å². The van der Waals surface area contributed by atoms with Crippen LogP contribution in [0.25, 0.3) is 0 Å². The first-order chi connectivity index (χ1) is 18.9. The maximum Gasteiger partial charge on any atom is 0.303 e. The van der Waals surface area contributed by atoms with Crippen molar-refractivity contribution in [2.45, 2.75) is 76.1 Å². The molecule has 9 nitrogen and oxygen atoms in total. The smallest absolute Gasteiger partial charge is 0.303 e. The molecule has 2 aromatic carbocycles. The summed E-state index contributed by atoms with van der Waals surface area (Å²) in [5.41, 5.74) is 3.35. The van der Waals surface area contributed by atoms with Gasteiger partial charge in [-0.2, -0.15) is 0 Å². The quantitative estimate of drug-likeness (QED) is 0.320. The minimum absolute atomic E-state index is 0.00587. The van der Waals surface area contributed by atoms with Crippen molar-refractivity contribution in [1.82, 2.24) is 4.90 Å². The molecule has 2 aliphatic rings. The molecule has 0 aromatic heterocycles. The summed E-state index contributed by atoms with van der Waals surface area (Å²) < 4.78 is 18.4. The maximum atomic E-state index is 12.4. The summed E-state index contributed by atoms with van der Waals surface area (Å²) in [7, 11) is 1.74. The number of unbranched alkanes of at least 4 members (excludes halogenated alkanes) is 1. The molecule has 3 N–H and O–H groups in total. The molecule has 2 aliphatic heterocycles. The number of carboxylic acid groups (broad SMARTS) is 1. The number of anilines is 1. The monoisotopic (exact) mass is 540 g/mol. The van der Waals surface area contributed by atoms with E-state index >= 15 is 0 Å². The number of carboxylic acids is 1. The fraction of sp³-hybridized carbons (Fsp3) is 0.533. The van der Waals surface area contributed by atoms with Gasteiger partial charge in [0.2, 0.25) is 5.91 Å². The van der Waals surface area contributed by atoms with Gasteiger partial charge in [-0.15, -0.1) is 0 Å². The van der Waals surface area contributed by atoms with Crippen molar-refractivity contribution in [3.63, 3.8) is 0 Å². The van der Waals surface area contributed by atoms with Gasteiger partial charge in [0.1, 0.15) is 0 Å². The van der Waals surface area contributed by atoms with Crippen LogP contribution >= 0.6 is 0 Å². The van der Waals surface area contributed by atoms with E-state index in [1.54, 1.807) is 7.11 Å². The van der Waals surface area contributed by atoms with Crippen molar-refractivity contribution < 1.29 is 34.0 Å². The summed E-state index contributed by atoms with van der Waals surface area (Å²) >= 11 is 0. The number of ether oxygens (including phenoxy) is 3. The van der Waals surface area contributed by atoms with Crippen LogP contribution in [0.5, 0.6) is 0 Å². The molecule has 0 spiro atoms. The van der Waals surface area contributed by atoms with E-state index in [0.717, 1.165) is 42.6 Å². The van der Waals surface area contributed by atoms with Crippen molar-refractivity contribution in [1.29, 1.82) is 0 Å². The number of likely N-dealkylation sites (tertiary alicyclic amines) is 1. The fourth-order valence-electron chi connectivity index (χ4n) is 5.36. The van der Waals surface area contributed by atoms with E-state index < -0.39 is 12.3 Å². The molecule has 4 atom stereocenters. The summed E-state index contributed by atoms with van der Waals surface area (Å²) in [6, 6.07) is 15.7. The van der Waals surface area contributed by atoms with E-state index in [4.69, 9.17) is 19.3 Å². The van der Waals surface area contributed by atoms with Crippen LogP contribution in [-0.4, -0.2) is 65.9 Å². The topological polar surface area (TPSA) is 118 Å². The Hall–Kier alpha value is -2.82. The van der Waals surface area contributed by atoms with Crippen LogP contribution in [0.2, 0.25) is 0 Å². The SMILES string of the molecule is COC[C@@H]1CCCN1C[C@H]1C[C@@H](c2ccc(CO)cc2)O[C@@H](c2cccc(NC(=O)CCCCC(=O)O)c2)O1. The lowest BCUT2D eigenvalue weighted by Crippen LogP contribution is -2.42. The molecule has 212 valence electrons. The molecule has 1 amide bonds. The minimum Gasteiger partial charge on any atom is -0.481 e. The van der Waals surface area contributed by atoms with Crippen LogP contribution in [-0.2, 0) is 30.4 Å². The molecule has 9 heteroatoms. The minimum atomic E-state index is -0.851. The molecule has 39 heavy (non-hydrogen) atoms. The van der Waals surface area contributed by atoms with Gasteiger partial charge in [-0.25, -0.2) is 0 Å². The number of nitrogens with zero attached hydrogens (tertiary/aromatic N) is 1. The number of methoxy groups -OCH3 is 1. The number of amides is 1. The van der Waals surface area contributed by atoms with Crippen molar-refractivity contribution >= 4 is 17.6 Å². The fourth-order valence-corrected chi connectivity index (χ4v) is 5.36. The molecular weight excluding hydrogens is 500 g/mol. The number of benzene rings is 2. The third kappa shape index (κ3) is 8.58. The largest absolute Gasteiger partial charge is 0.481 e. The Morgan fingerprint density at radius 2 is 1.87 bits per heavy atom. The molecule has 0 aliphatic carbocycles. The maximum absolute atomic E-state index is 12.4. The van der Waals surface area contributed by atoms with Crippen molar-refractivity contribution in [2.75, 3.05) is 32.1 Å². The summed E-state index contributed by atoms with van der Waals surface area (Å²) in [4.78, 5) is 25.5. The zero-order chi connectivity index (χ0) is 27.6. The molecule has 0 bridgehead atoms. The number of aliphatic hydroxyl groups excluding tert-OH is 1. The number of carbonyl (C=O) groups is 2. The highest BCUT2D eigenvalue weighted by Gasteiger charge is 2.35. The Morgan fingerprint density at radius 3 is 2.62 bits per heavy atom. The predicted octanol–water partition coefficient (Wildman–Crippen LogP) is 4.42. The normalized spacial score (nSPS) is 23.5. The number of hydrogen-bond acceptors (Lipinski definition) is 7. The van der Waals surface area contributed by atoms with Gasteiger partial charge >= 0.3 is 5.97 Å². The first kappa shape index (κ1) is 29.2. The number of aliphatic hydroxyl groups is 1. The Morgan fingerprint density at radius 1 is 1.08 bits per heavy atom. The van der Waals surface area contributed by atoms with E-state index in [9.17, 15) is 14.7 Å². The third-order valence-corrected chi connectivity index (χ3v) is 7.40. The highest BCUT2D eigenvalue weighted by Crippen LogP contribution is 2.39. The van der Waals surface area contributed by atoms with Crippen molar-refractivity contribution in [2.24, 2.45) is 0 Å². The van der Waals surface area contributed by atoms with E-state index in [0.29, 0.717) is 37.6 Å². The van der Waals surface area contributed by atoms with Crippen LogP contribution in [0.3, 0.4) is 0 Å². The van der Waals surface area contributed by atoms with E-state index in [2.05, 4.69) is 10.2 Å². The number of aliphatic carboxylic acids is 1. The van der Waals surface area contributed by atoms with Gasteiger partial charge in [-0.3, -0.25) is 14.5 Å². The number of nitrogens with one attached hydrogen (secondary N) is 1. The molecule has 2 saturated heterocycles. The van der Waals surface area contributed by atoms with Crippen LogP contribution < -0.4 is 5.32 Å². The van der Waals surface area contributed by atoms with Gasteiger partial charge in [0.05, 0.1) is 25.4 Å². The lowest BCUT2D eigenvalue weighted by Gasteiger charge is -2.39. The van der Waals surface area contributed by atoms with Crippen LogP contribution in [0.1, 0.15) is 74.0 Å². The Bertz CT molecular complexity index is 1080. The molecule has 0 saturated carbocycles. The highest BCUT2D eigenvalue weighted by atomic mass is 16.7. The third-order valence-electron chi connectivity index (χ3n) is 7.40. The van der Waals surface area contributed by atoms with Gasteiger partial charge in [0.25, 0.3) is 0 Å². The standard InChI is InChI=1S/C30H40N2O7/c1-37-20-25-8-5-15-32(25)18-26-17-27(22-13-11-21(19-33)12-14-22)39-30(38-26)23-6-4-7-24(16-23)31-28(34)9-2-3-10-29(35)36/h4,6-7,11-14,16,25-27,30,33H,2-3,5,8-10,15,17-20H2,1H3,(H,31,34)(H,35,36)/t25-,26+,27-,30-/m0/s1. The lowest BCUT2D eigenvalue weighted by atomic mass is 9.99. The molecule has 4 rings (SSSR count). The summed E-state index contributed by atoms with van der Waals surface area (Å²) in [6.07, 6.45) is 3.43. The number of rotatable bonds is 13. The highest BCUT2D eigenvalue weighted by molar-refractivity contribution is 5.90. The van der Waals surface area contributed by atoms with Gasteiger partial charge in [0, 0.05) is 50.2 Å². The molecule has 0 radical (unpaired) electrons. The molecular formula is C30H40N2O7. The molecule has 2 heterocycles. The lowest BCUT2D eigenvalue weighted by molar-refractivity contribution is -0.253. The van der Waals surface area contributed by atoms with E-state index in [-0.39, 0.29) is 37.6 Å². The summed E-state index contributed by atoms with van der Waals surface area (Å²) in [5, 5.41) is 21.1. The van der Waals surface area contributed by atoms with E-state index in [1.807, 2.05) is 48.5 Å². The Balaban J connectivity index is 1.46. The van der Waals surface area contributed by atoms with Crippen LogP contribution in [0.15, 0.2) is 48.5 Å². The molecule has 0 unspecified atom stereocenters. The Kier molecular flexibility index (Phi) is 10.9. The van der Waals surface area contributed by atoms with Crippen LogP contribution in [0, 0.1) is 0 Å². The van der Waals surface area contributed by atoms with Crippen LogP contribution in [0.4, 0.5) is 5.69 Å². The second kappa shape index (κ2) is 14.5. The zero-order valence-electron chi connectivity index (χ0n) is 22.6. The van der Waals surface area contributed by atoms with Gasteiger partial charge in [-0.05, 0) is 55.5 Å². The zero-order valence-corrected chi connectivity index (χ0v) is 22.6. The molecule has 2 fully saturated rings. The second-order valence-electron chi connectivity index (χ2n) is 10.4. The van der Waals surface area contributed by atoms with Gasteiger partial charge < -0.3 is 29.7 Å². The average molecular weight is 541 g/mol. The van der Waals surface area contributed by atoms with E-state index in [1.165, 1.54) is 0 Å². The number of carbonyl (C=O) groups excluding carboxylic acids is 1. The van der Waals surface area contributed by atoms with Gasteiger partial charge in [-0.1, -0.05) is 36.4 Å². The van der Waals surface area contributed by atoms with Gasteiger partial charge in [0.15, 0.2) is 6.29 Å². The van der Waals surface area contributed by atoms with Crippen molar-refractivity contribution in [3.8, 4) is 0 Å². The average Bonchev–Trinajstić information content (AvgIpc) is 3.37. The predicted molar refractivity (Wildman–Crippen MR) is 146 cm³/mol. The second-order valence-corrected chi connectivity index (χ2v) is 10.4. The number of hydrogen-bond donors (Lipinski definition) is 3. The van der Waals surface area contributed by atoms with Crippen molar-refractivity contribution in [3.05, 3.63) is 65.2 Å². The molecule has 2 aromatic rings. The summed E-state index contributed by atoms with van der Waals surface area (Å²) in [5.74, 6) is -1.00.